The lowest BCUT2D eigenvalue weighted by molar-refractivity contribution is 0.0940. The first kappa shape index (κ1) is 14.5. The second-order valence-corrected chi connectivity index (χ2v) is 4.73. The summed E-state index contributed by atoms with van der Waals surface area (Å²) in [6.45, 7) is 3.80. The number of nitrogens with zero attached hydrogens (tertiary/aromatic N) is 3. The highest BCUT2D eigenvalue weighted by atomic mass is 35.5. The van der Waals surface area contributed by atoms with Crippen molar-refractivity contribution in [3.8, 4) is 5.82 Å². The monoisotopic (exact) mass is 294 g/mol. The summed E-state index contributed by atoms with van der Waals surface area (Å²) in [6.07, 6.45) is 0. The molecule has 106 valence electrons. The fourth-order valence-corrected chi connectivity index (χ4v) is 2.01. The molecule has 0 radical (unpaired) electrons. The van der Waals surface area contributed by atoms with Crippen molar-refractivity contribution in [1.82, 2.24) is 20.1 Å². The molecule has 6 nitrogen and oxygen atoms in total. The van der Waals surface area contributed by atoms with Crippen LogP contribution in [-0.4, -0.2) is 38.9 Å². The van der Waals surface area contributed by atoms with Crippen LogP contribution in [0.25, 0.3) is 5.82 Å². The summed E-state index contributed by atoms with van der Waals surface area (Å²) in [7, 11) is 0. The average Bonchev–Trinajstić information content (AvgIpc) is 2.75. The van der Waals surface area contributed by atoms with E-state index in [-0.39, 0.29) is 23.9 Å². The zero-order chi connectivity index (χ0) is 14.7. The number of nitrogens with one attached hydrogen (secondary N) is 1. The van der Waals surface area contributed by atoms with Gasteiger partial charge in [-0.25, -0.2) is 9.67 Å². The molecule has 0 atom stereocenters. The van der Waals surface area contributed by atoms with E-state index in [9.17, 15) is 4.79 Å². The Morgan fingerprint density at radius 2 is 2.20 bits per heavy atom. The van der Waals surface area contributed by atoms with E-state index >= 15 is 0 Å². The lowest BCUT2D eigenvalue weighted by atomic mass is 10.3. The maximum absolute atomic E-state index is 11.9. The van der Waals surface area contributed by atoms with Gasteiger partial charge in [0.1, 0.15) is 5.69 Å². The molecule has 0 aliphatic rings. The lowest BCUT2D eigenvalue weighted by Gasteiger charge is -2.08. The number of carbonyl (C=O) groups is 1. The highest BCUT2D eigenvalue weighted by molar-refractivity contribution is 6.33. The summed E-state index contributed by atoms with van der Waals surface area (Å²) in [5.74, 6) is 0.0987. The topological polar surface area (TPSA) is 80.0 Å². The van der Waals surface area contributed by atoms with Gasteiger partial charge in [-0.15, -0.1) is 0 Å². The third-order valence-corrected chi connectivity index (χ3v) is 2.98. The number of aliphatic hydroxyl groups is 1. The van der Waals surface area contributed by atoms with Gasteiger partial charge >= 0.3 is 0 Å². The van der Waals surface area contributed by atoms with E-state index in [0.717, 1.165) is 11.4 Å². The van der Waals surface area contributed by atoms with Gasteiger partial charge in [0.15, 0.2) is 5.82 Å². The maximum atomic E-state index is 11.9. The zero-order valence-corrected chi connectivity index (χ0v) is 12.0. The number of aryl methyl sites for hydroxylation is 2. The molecule has 2 aromatic rings. The first-order valence-corrected chi connectivity index (χ1v) is 6.50. The van der Waals surface area contributed by atoms with Crippen LogP contribution in [0, 0.1) is 13.8 Å². The molecule has 0 aromatic carbocycles. The Morgan fingerprint density at radius 3 is 2.80 bits per heavy atom. The third kappa shape index (κ3) is 2.97. The second-order valence-electron chi connectivity index (χ2n) is 4.32. The van der Waals surface area contributed by atoms with Crippen molar-refractivity contribution in [1.29, 1.82) is 0 Å². The van der Waals surface area contributed by atoms with Gasteiger partial charge in [0.2, 0.25) is 0 Å². The van der Waals surface area contributed by atoms with E-state index < -0.39 is 5.91 Å². The Morgan fingerprint density at radius 1 is 1.45 bits per heavy atom. The van der Waals surface area contributed by atoms with Gasteiger partial charge in [-0.05, 0) is 32.0 Å². The van der Waals surface area contributed by atoms with E-state index in [4.69, 9.17) is 16.7 Å². The Labute approximate surface area is 121 Å². The molecule has 2 aromatic heterocycles. The summed E-state index contributed by atoms with van der Waals surface area (Å²) in [5.41, 5.74) is 1.90. The normalized spacial score (nSPS) is 10.6. The number of pyridine rings is 1. The summed E-state index contributed by atoms with van der Waals surface area (Å²) in [5, 5.41) is 15.8. The fraction of sp³-hybridized carbons (Fsp3) is 0.308. The molecule has 2 heterocycles. The molecule has 0 saturated heterocycles. The maximum Gasteiger partial charge on any atom is 0.271 e. The summed E-state index contributed by atoms with van der Waals surface area (Å²) in [4.78, 5) is 16.1. The third-order valence-electron chi connectivity index (χ3n) is 2.67. The minimum atomic E-state index is -0.424. The van der Waals surface area contributed by atoms with Gasteiger partial charge in [-0.3, -0.25) is 4.79 Å². The number of aliphatic hydroxyl groups excluding tert-OH is 1. The van der Waals surface area contributed by atoms with E-state index in [1.54, 1.807) is 16.8 Å². The van der Waals surface area contributed by atoms with Crippen molar-refractivity contribution < 1.29 is 9.90 Å². The average molecular weight is 295 g/mol. The van der Waals surface area contributed by atoms with Crippen LogP contribution in [0.1, 0.15) is 21.9 Å². The van der Waals surface area contributed by atoms with Crippen molar-refractivity contribution in [3.05, 3.63) is 40.3 Å². The number of carbonyl (C=O) groups excluding carboxylic acids is 1. The highest BCUT2D eigenvalue weighted by Gasteiger charge is 2.14. The smallest absolute Gasteiger partial charge is 0.271 e. The van der Waals surface area contributed by atoms with E-state index in [0.29, 0.717) is 5.82 Å². The van der Waals surface area contributed by atoms with Gasteiger partial charge in [-0.2, -0.15) is 5.10 Å². The molecular formula is C13H15ClN4O2. The van der Waals surface area contributed by atoms with Crippen molar-refractivity contribution in [3.63, 3.8) is 0 Å². The first-order chi connectivity index (χ1) is 9.52. The minimum Gasteiger partial charge on any atom is -0.395 e. The van der Waals surface area contributed by atoms with E-state index in [1.165, 1.54) is 0 Å². The number of halogens is 1. The molecule has 0 aliphatic heterocycles. The van der Waals surface area contributed by atoms with Crippen molar-refractivity contribution >= 4 is 17.5 Å². The SMILES string of the molecule is Cc1cc(C)n(-c2ccc(Cl)c(C(=O)NCCO)n2)n1. The van der Waals surface area contributed by atoms with Crippen LogP contribution < -0.4 is 5.32 Å². The van der Waals surface area contributed by atoms with Crippen molar-refractivity contribution in [2.75, 3.05) is 13.2 Å². The van der Waals surface area contributed by atoms with Gasteiger partial charge in [-0.1, -0.05) is 11.6 Å². The van der Waals surface area contributed by atoms with Crippen LogP contribution in [0.5, 0.6) is 0 Å². The number of hydrogen-bond donors (Lipinski definition) is 2. The molecule has 0 unspecified atom stereocenters. The number of amides is 1. The summed E-state index contributed by atoms with van der Waals surface area (Å²) in [6, 6.07) is 5.22. The molecule has 0 fully saturated rings. The predicted octanol–water partition coefficient (Wildman–Crippen LogP) is 1.26. The number of aromatic nitrogens is 3. The van der Waals surface area contributed by atoms with Crippen LogP contribution in [0.3, 0.4) is 0 Å². The molecule has 0 spiro atoms. The standard InChI is InChI=1S/C13H15ClN4O2/c1-8-7-9(2)18(17-8)11-4-3-10(14)12(16-11)13(20)15-5-6-19/h3-4,7,19H,5-6H2,1-2H3,(H,15,20). The zero-order valence-electron chi connectivity index (χ0n) is 11.2. The molecule has 7 heteroatoms. The van der Waals surface area contributed by atoms with Crippen LogP contribution in [-0.2, 0) is 0 Å². The first-order valence-electron chi connectivity index (χ1n) is 6.12. The Bertz CT molecular complexity index is 639. The van der Waals surface area contributed by atoms with Crippen molar-refractivity contribution in [2.45, 2.75) is 13.8 Å². The van der Waals surface area contributed by atoms with Crippen LogP contribution in [0.2, 0.25) is 5.02 Å². The second kappa shape index (κ2) is 6.02. The van der Waals surface area contributed by atoms with Gasteiger partial charge in [0.25, 0.3) is 5.91 Å². The van der Waals surface area contributed by atoms with Crippen molar-refractivity contribution in [2.24, 2.45) is 0 Å². The van der Waals surface area contributed by atoms with Crippen LogP contribution >= 0.6 is 11.6 Å². The number of rotatable bonds is 4. The van der Waals surface area contributed by atoms with Gasteiger partial charge in [0, 0.05) is 12.2 Å². The Balaban J connectivity index is 2.38. The fourth-order valence-electron chi connectivity index (χ4n) is 1.82. The number of hydrogen-bond acceptors (Lipinski definition) is 4. The molecule has 2 rings (SSSR count). The molecule has 20 heavy (non-hydrogen) atoms. The predicted molar refractivity (Wildman–Crippen MR) is 75.3 cm³/mol. The quantitative estimate of drug-likeness (QED) is 0.889. The molecule has 0 bridgehead atoms. The van der Waals surface area contributed by atoms with E-state index in [2.05, 4.69) is 15.4 Å². The molecule has 1 amide bonds. The van der Waals surface area contributed by atoms with Gasteiger partial charge < -0.3 is 10.4 Å². The summed E-state index contributed by atoms with van der Waals surface area (Å²) < 4.78 is 1.65. The summed E-state index contributed by atoms with van der Waals surface area (Å²) >= 11 is 5.99. The van der Waals surface area contributed by atoms with Crippen LogP contribution in [0.4, 0.5) is 0 Å². The van der Waals surface area contributed by atoms with Crippen LogP contribution in [0.15, 0.2) is 18.2 Å². The largest absolute Gasteiger partial charge is 0.395 e. The Kier molecular flexibility index (Phi) is 4.36. The Hall–Kier alpha value is -1.92. The van der Waals surface area contributed by atoms with Gasteiger partial charge in [0.05, 0.1) is 17.3 Å². The molecule has 2 N–H and O–H groups in total. The highest BCUT2D eigenvalue weighted by Crippen LogP contribution is 2.17. The minimum absolute atomic E-state index is 0.116. The molecule has 0 saturated carbocycles. The molecular weight excluding hydrogens is 280 g/mol. The molecule has 0 aliphatic carbocycles. The lowest BCUT2D eigenvalue weighted by Crippen LogP contribution is -2.27. The van der Waals surface area contributed by atoms with E-state index in [1.807, 2.05) is 19.9 Å².